The number of nitrogens with zero attached hydrogens (tertiary/aromatic N) is 1. The van der Waals surface area contributed by atoms with Crippen LogP contribution in [0.2, 0.25) is 0 Å². The van der Waals surface area contributed by atoms with E-state index >= 15 is 0 Å². The highest BCUT2D eigenvalue weighted by molar-refractivity contribution is 5.81. The maximum Gasteiger partial charge on any atom is 0.315 e. The van der Waals surface area contributed by atoms with E-state index in [1.807, 2.05) is 13.8 Å². The maximum atomic E-state index is 11.7. The van der Waals surface area contributed by atoms with Crippen LogP contribution in [0, 0.1) is 5.41 Å². The minimum absolute atomic E-state index is 0.0623. The van der Waals surface area contributed by atoms with Crippen LogP contribution in [0.1, 0.15) is 41.0 Å². The van der Waals surface area contributed by atoms with Crippen molar-refractivity contribution in [2.24, 2.45) is 5.41 Å². The molecule has 1 aliphatic heterocycles. The first-order valence-electron chi connectivity index (χ1n) is 6.53. The Bertz CT molecular complexity index is 321. The van der Waals surface area contributed by atoms with E-state index in [9.17, 15) is 9.59 Å². The topological polar surface area (TPSA) is 61.4 Å². The number of urea groups is 1. The summed E-state index contributed by atoms with van der Waals surface area (Å²) in [5.74, 6) is 0.117. The Balaban J connectivity index is 2.36. The third kappa shape index (κ3) is 4.55. The summed E-state index contributed by atoms with van der Waals surface area (Å²) in [5.41, 5.74) is 0.0623. The molecule has 1 fully saturated rings. The Kier molecular flexibility index (Phi) is 4.59. The van der Waals surface area contributed by atoms with Gasteiger partial charge in [0.1, 0.15) is 0 Å². The SMILES string of the molecule is CC(C)N1CC(NC(=O)NCC(C)(C)C)CC1=O. The van der Waals surface area contributed by atoms with Crippen molar-refractivity contribution < 1.29 is 9.59 Å². The predicted molar refractivity (Wildman–Crippen MR) is 71.2 cm³/mol. The zero-order valence-electron chi connectivity index (χ0n) is 12.0. The van der Waals surface area contributed by atoms with E-state index in [2.05, 4.69) is 31.4 Å². The van der Waals surface area contributed by atoms with E-state index < -0.39 is 0 Å². The van der Waals surface area contributed by atoms with Crippen molar-refractivity contribution >= 4 is 11.9 Å². The molecule has 0 aliphatic carbocycles. The maximum absolute atomic E-state index is 11.7. The van der Waals surface area contributed by atoms with Crippen LogP contribution < -0.4 is 10.6 Å². The molecule has 0 spiro atoms. The summed E-state index contributed by atoms with van der Waals surface area (Å²) < 4.78 is 0. The molecule has 1 rings (SSSR count). The van der Waals surface area contributed by atoms with Crippen molar-refractivity contribution in [3.05, 3.63) is 0 Å². The van der Waals surface area contributed by atoms with Gasteiger partial charge in [0.2, 0.25) is 5.91 Å². The monoisotopic (exact) mass is 255 g/mol. The van der Waals surface area contributed by atoms with Gasteiger partial charge in [0.15, 0.2) is 0 Å². The molecular formula is C13H25N3O2. The molecule has 0 bridgehead atoms. The van der Waals surface area contributed by atoms with Gasteiger partial charge in [-0.2, -0.15) is 0 Å². The standard InChI is InChI=1S/C13H25N3O2/c1-9(2)16-7-10(6-11(16)17)15-12(18)14-8-13(3,4)5/h9-10H,6-8H2,1-5H3,(H2,14,15,18). The highest BCUT2D eigenvalue weighted by Gasteiger charge is 2.31. The molecule has 18 heavy (non-hydrogen) atoms. The summed E-state index contributed by atoms with van der Waals surface area (Å²) in [6.07, 6.45) is 0.404. The highest BCUT2D eigenvalue weighted by Crippen LogP contribution is 2.14. The molecule has 1 unspecified atom stereocenters. The molecule has 0 aromatic heterocycles. The van der Waals surface area contributed by atoms with Crippen LogP contribution in [0.25, 0.3) is 0 Å². The van der Waals surface area contributed by atoms with Gasteiger partial charge in [-0.1, -0.05) is 20.8 Å². The van der Waals surface area contributed by atoms with Gasteiger partial charge in [0.05, 0.1) is 6.04 Å². The number of nitrogens with one attached hydrogen (secondary N) is 2. The molecule has 1 heterocycles. The molecule has 5 heteroatoms. The minimum atomic E-state index is -0.187. The number of hydrogen-bond acceptors (Lipinski definition) is 2. The number of carbonyl (C=O) groups excluding carboxylic acids is 2. The Morgan fingerprint density at radius 3 is 2.50 bits per heavy atom. The van der Waals surface area contributed by atoms with Crippen molar-refractivity contribution in [3.63, 3.8) is 0 Å². The Morgan fingerprint density at radius 1 is 1.44 bits per heavy atom. The Labute approximate surface area is 109 Å². The van der Waals surface area contributed by atoms with Crippen LogP contribution in [0.4, 0.5) is 4.79 Å². The first-order chi connectivity index (χ1) is 8.19. The van der Waals surface area contributed by atoms with Crippen LogP contribution in [-0.2, 0) is 4.79 Å². The fourth-order valence-electron chi connectivity index (χ4n) is 1.91. The van der Waals surface area contributed by atoms with Gasteiger partial charge >= 0.3 is 6.03 Å². The van der Waals surface area contributed by atoms with E-state index in [1.54, 1.807) is 4.90 Å². The summed E-state index contributed by atoms with van der Waals surface area (Å²) >= 11 is 0. The first-order valence-corrected chi connectivity index (χ1v) is 6.53. The van der Waals surface area contributed by atoms with Crippen LogP contribution in [0.5, 0.6) is 0 Å². The van der Waals surface area contributed by atoms with Gasteiger partial charge in [0, 0.05) is 25.6 Å². The second-order valence-corrected chi connectivity index (χ2v) is 6.43. The van der Waals surface area contributed by atoms with Gasteiger partial charge in [0.25, 0.3) is 0 Å². The molecule has 0 radical (unpaired) electrons. The third-order valence-electron chi connectivity index (χ3n) is 2.90. The smallest absolute Gasteiger partial charge is 0.315 e. The normalized spacial score (nSPS) is 20.4. The highest BCUT2D eigenvalue weighted by atomic mass is 16.2. The molecule has 1 atom stereocenters. The van der Waals surface area contributed by atoms with Crippen molar-refractivity contribution in [1.82, 2.24) is 15.5 Å². The van der Waals surface area contributed by atoms with E-state index in [1.165, 1.54) is 0 Å². The van der Waals surface area contributed by atoms with Crippen molar-refractivity contribution in [2.75, 3.05) is 13.1 Å². The van der Waals surface area contributed by atoms with Crippen LogP contribution >= 0.6 is 0 Å². The van der Waals surface area contributed by atoms with Crippen molar-refractivity contribution in [3.8, 4) is 0 Å². The molecule has 5 nitrogen and oxygen atoms in total. The van der Waals surface area contributed by atoms with Gasteiger partial charge in [-0.05, 0) is 19.3 Å². The van der Waals surface area contributed by atoms with Crippen LogP contribution in [0.3, 0.4) is 0 Å². The number of carbonyl (C=O) groups is 2. The average molecular weight is 255 g/mol. The molecule has 1 saturated heterocycles. The second-order valence-electron chi connectivity index (χ2n) is 6.43. The lowest BCUT2D eigenvalue weighted by molar-refractivity contribution is -0.129. The number of likely N-dealkylation sites (tertiary alicyclic amines) is 1. The Morgan fingerprint density at radius 2 is 2.06 bits per heavy atom. The van der Waals surface area contributed by atoms with E-state index in [4.69, 9.17) is 0 Å². The largest absolute Gasteiger partial charge is 0.338 e. The third-order valence-corrected chi connectivity index (χ3v) is 2.90. The average Bonchev–Trinajstić information content (AvgIpc) is 2.55. The van der Waals surface area contributed by atoms with E-state index in [-0.39, 0.29) is 29.4 Å². The lowest BCUT2D eigenvalue weighted by atomic mass is 9.97. The zero-order chi connectivity index (χ0) is 13.9. The first kappa shape index (κ1) is 14.8. The van der Waals surface area contributed by atoms with Gasteiger partial charge in [-0.15, -0.1) is 0 Å². The lowest BCUT2D eigenvalue weighted by Crippen LogP contribution is -2.45. The molecule has 104 valence electrons. The van der Waals surface area contributed by atoms with Crippen molar-refractivity contribution in [2.45, 2.75) is 53.1 Å². The summed E-state index contributed by atoms with van der Waals surface area (Å²) in [6, 6.07) is -0.0601. The summed E-state index contributed by atoms with van der Waals surface area (Å²) in [6.45, 7) is 11.4. The lowest BCUT2D eigenvalue weighted by Gasteiger charge is -2.22. The predicted octanol–water partition coefficient (Wildman–Crippen LogP) is 1.34. The van der Waals surface area contributed by atoms with Crippen LogP contribution in [0.15, 0.2) is 0 Å². The summed E-state index contributed by atoms with van der Waals surface area (Å²) in [7, 11) is 0. The molecular weight excluding hydrogens is 230 g/mol. The number of hydrogen-bond donors (Lipinski definition) is 2. The molecule has 3 amide bonds. The molecule has 0 aromatic rings. The van der Waals surface area contributed by atoms with Gasteiger partial charge in [-0.25, -0.2) is 4.79 Å². The minimum Gasteiger partial charge on any atom is -0.338 e. The van der Waals surface area contributed by atoms with E-state index in [0.717, 1.165) is 0 Å². The fraction of sp³-hybridized carbons (Fsp3) is 0.846. The van der Waals surface area contributed by atoms with E-state index in [0.29, 0.717) is 19.5 Å². The number of rotatable bonds is 3. The quantitative estimate of drug-likeness (QED) is 0.799. The molecule has 1 aliphatic rings. The summed E-state index contributed by atoms with van der Waals surface area (Å²) in [5, 5.41) is 5.68. The molecule has 2 N–H and O–H groups in total. The van der Waals surface area contributed by atoms with Crippen molar-refractivity contribution in [1.29, 1.82) is 0 Å². The van der Waals surface area contributed by atoms with Gasteiger partial charge < -0.3 is 15.5 Å². The number of amides is 3. The molecule has 0 aromatic carbocycles. The summed E-state index contributed by atoms with van der Waals surface area (Å²) in [4.78, 5) is 25.2. The molecule has 0 saturated carbocycles. The van der Waals surface area contributed by atoms with Crippen LogP contribution in [-0.4, -0.2) is 42.0 Å². The zero-order valence-corrected chi connectivity index (χ0v) is 12.0. The Hall–Kier alpha value is -1.26. The van der Waals surface area contributed by atoms with Gasteiger partial charge in [-0.3, -0.25) is 4.79 Å². The second kappa shape index (κ2) is 5.59. The fourth-order valence-corrected chi connectivity index (χ4v) is 1.91.